The van der Waals surface area contributed by atoms with E-state index < -0.39 is 9.84 Å². The quantitative estimate of drug-likeness (QED) is 0.468. The lowest BCUT2D eigenvalue weighted by molar-refractivity contribution is 0.0954. The molecule has 0 saturated heterocycles. The predicted molar refractivity (Wildman–Crippen MR) is 80.0 cm³/mol. The minimum atomic E-state index is -3.17. The van der Waals surface area contributed by atoms with E-state index in [1.807, 2.05) is 0 Å². The fourth-order valence-electron chi connectivity index (χ4n) is 1.47. The first-order valence-electron chi connectivity index (χ1n) is 6.14. The number of carbonyl (C=O) groups is 1. The lowest BCUT2D eigenvalue weighted by Gasteiger charge is -2.07. The molecular formula is C13H19N3O3S. The number of benzene rings is 1. The number of carbonyl (C=O) groups excluding carboxylic acids is 1. The van der Waals surface area contributed by atoms with Crippen molar-refractivity contribution >= 4 is 21.4 Å². The molecular weight excluding hydrogens is 278 g/mol. The standard InChI is InChI=1S/C13H19N3O3S/c1-2-20(18,19)9-8-15-6-7-16-13(17)11-4-3-5-12(14)10-11/h2-5,10,15H,1,6-9,14H2,(H,16,17). The Balaban J connectivity index is 2.22. The van der Waals surface area contributed by atoms with Gasteiger partial charge in [-0.1, -0.05) is 12.6 Å². The van der Waals surface area contributed by atoms with Crippen LogP contribution in [0.2, 0.25) is 0 Å². The highest BCUT2D eigenvalue weighted by Crippen LogP contribution is 2.05. The first-order chi connectivity index (χ1) is 9.44. The van der Waals surface area contributed by atoms with Gasteiger partial charge in [0.2, 0.25) is 0 Å². The maximum absolute atomic E-state index is 11.7. The second-order valence-corrected chi connectivity index (χ2v) is 6.23. The molecule has 0 unspecified atom stereocenters. The third-order valence-corrected chi connectivity index (χ3v) is 3.83. The molecule has 7 heteroatoms. The summed E-state index contributed by atoms with van der Waals surface area (Å²) in [5.74, 6) is -0.211. The number of rotatable bonds is 8. The Morgan fingerprint density at radius 3 is 2.70 bits per heavy atom. The van der Waals surface area contributed by atoms with Gasteiger partial charge in [-0.15, -0.1) is 0 Å². The molecule has 0 spiro atoms. The van der Waals surface area contributed by atoms with Gasteiger partial charge in [0.1, 0.15) is 0 Å². The fraction of sp³-hybridized carbons (Fsp3) is 0.308. The van der Waals surface area contributed by atoms with Gasteiger partial charge in [0, 0.05) is 36.3 Å². The van der Waals surface area contributed by atoms with Gasteiger partial charge in [0.25, 0.3) is 5.91 Å². The van der Waals surface area contributed by atoms with Gasteiger partial charge < -0.3 is 16.4 Å². The molecule has 0 bridgehead atoms. The third-order valence-electron chi connectivity index (χ3n) is 2.55. The molecule has 20 heavy (non-hydrogen) atoms. The summed E-state index contributed by atoms with van der Waals surface area (Å²) in [7, 11) is -3.17. The number of sulfone groups is 1. The molecule has 0 heterocycles. The minimum Gasteiger partial charge on any atom is -0.399 e. The highest BCUT2D eigenvalue weighted by Gasteiger charge is 2.05. The smallest absolute Gasteiger partial charge is 0.251 e. The Morgan fingerprint density at radius 1 is 1.30 bits per heavy atom. The predicted octanol–water partition coefficient (Wildman–Crippen LogP) is 0.147. The second kappa shape index (κ2) is 7.66. The van der Waals surface area contributed by atoms with Crippen LogP contribution >= 0.6 is 0 Å². The number of amides is 1. The molecule has 0 radical (unpaired) electrons. The van der Waals surface area contributed by atoms with E-state index in [1.54, 1.807) is 24.3 Å². The Bertz CT molecular complexity index is 570. The Hall–Kier alpha value is -1.86. The van der Waals surface area contributed by atoms with Crippen molar-refractivity contribution in [3.8, 4) is 0 Å². The van der Waals surface area contributed by atoms with E-state index in [4.69, 9.17) is 5.73 Å². The van der Waals surface area contributed by atoms with Gasteiger partial charge in [0.15, 0.2) is 9.84 Å². The summed E-state index contributed by atoms with van der Waals surface area (Å²) < 4.78 is 22.2. The lowest BCUT2D eigenvalue weighted by Crippen LogP contribution is -2.33. The topological polar surface area (TPSA) is 101 Å². The summed E-state index contributed by atoms with van der Waals surface area (Å²) in [6, 6.07) is 6.69. The zero-order valence-electron chi connectivity index (χ0n) is 11.1. The summed E-state index contributed by atoms with van der Waals surface area (Å²) >= 11 is 0. The molecule has 0 aromatic heterocycles. The van der Waals surface area contributed by atoms with E-state index in [0.29, 0.717) is 30.9 Å². The van der Waals surface area contributed by atoms with Crippen molar-refractivity contribution in [2.75, 3.05) is 31.1 Å². The summed E-state index contributed by atoms with van der Waals surface area (Å²) in [5, 5.41) is 6.58. The highest BCUT2D eigenvalue weighted by atomic mass is 32.2. The number of hydrogen-bond donors (Lipinski definition) is 3. The van der Waals surface area contributed by atoms with Gasteiger partial charge in [-0.3, -0.25) is 4.79 Å². The van der Waals surface area contributed by atoms with E-state index in [9.17, 15) is 13.2 Å². The zero-order chi connectivity index (χ0) is 15.0. The number of nitrogens with one attached hydrogen (secondary N) is 2. The van der Waals surface area contributed by atoms with Gasteiger partial charge in [-0.05, 0) is 18.2 Å². The summed E-state index contributed by atoms with van der Waals surface area (Å²) in [6.45, 7) is 4.44. The van der Waals surface area contributed by atoms with E-state index in [1.165, 1.54) is 0 Å². The summed E-state index contributed by atoms with van der Waals surface area (Å²) in [5.41, 5.74) is 6.62. The second-order valence-electron chi connectivity index (χ2n) is 4.17. The van der Waals surface area contributed by atoms with Gasteiger partial charge in [-0.25, -0.2) is 8.42 Å². The van der Waals surface area contributed by atoms with Gasteiger partial charge in [-0.2, -0.15) is 0 Å². The number of nitrogens with two attached hydrogens (primary N) is 1. The molecule has 1 amide bonds. The van der Waals surface area contributed by atoms with Crippen molar-refractivity contribution in [3.05, 3.63) is 41.8 Å². The number of hydrogen-bond acceptors (Lipinski definition) is 5. The van der Waals surface area contributed by atoms with Crippen molar-refractivity contribution in [3.63, 3.8) is 0 Å². The van der Waals surface area contributed by atoms with Crippen molar-refractivity contribution in [1.29, 1.82) is 0 Å². The molecule has 0 aliphatic heterocycles. The molecule has 110 valence electrons. The lowest BCUT2D eigenvalue weighted by atomic mass is 10.2. The SMILES string of the molecule is C=CS(=O)(=O)CCNCCNC(=O)c1cccc(N)c1. The van der Waals surface area contributed by atoms with Crippen LogP contribution in [0.4, 0.5) is 5.69 Å². The van der Waals surface area contributed by atoms with Crippen LogP contribution in [0.1, 0.15) is 10.4 Å². The van der Waals surface area contributed by atoms with E-state index in [-0.39, 0.29) is 11.7 Å². The van der Waals surface area contributed by atoms with Gasteiger partial charge in [0.05, 0.1) is 5.75 Å². The molecule has 1 rings (SSSR count). The van der Waals surface area contributed by atoms with Crippen LogP contribution in [0, 0.1) is 0 Å². The maximum Gasteiger partial charge on any atom is 0.251 e. The normalized spacial score (nSPS) is 11.0. The Morgan fingerprint density at radius 2 is 2.05 bits per heavy atom. The van der Waals surface area contributed by atoms with E-state index in [2.05, 4.69) is 17.2 Å². The monoisotopic (exact) mass is 297 g/mol. The Labute approximate surface area is 119 Å². The Kier molecular flexibility index (Phi) is 6.20. The van der Waals surface area contributed by atoms with E-state index >= 15 is 0 Å². The first kappa shape index (κ1) is 16.2. The number of anilines is 1. The van der Waals surface area contributed by atoms with Crippen LogP contribution < -0.4 is 16.4 Å². The summed E-state index contributed by atoms with van der Waals surface area (Å²) in [6.07, 6.45) is 0. The molecule has 0 aliphatic carbocycles. The van der Waals surface area contributed by atoms with Crippen molar-refractivity contribution in [2.24, 2.45) is 0 Å². The first-order valence-corrected chi connectivity index (χ1v) is 7.86. The molecule has 0 saturated carbocycles. The molecule has 1 aromatic carbocycles. The third kappa shape index (κ3) is 5.85. The highest BCUT2D eigenvalue weighted by molar-refractivity contribution is 7.94. The van der Waals surface area contributed by atoms with Crippen LogP contribution in [0.25, 0.3) is 0 Å². The minimum absolute atomic E-state index is 0.000332. The average Bonchev–Trinajstić information content (AvgIpc) is 2.42. The molecule has 4 N–H and O–H groups in total. The van der Waals surface area contributed by atoms with Crippen LogP contribution in [-0.4, -0.2) is 39.7 Å². The fourth-order valence-corrected chi connectivity index (χ4v) is 2.06. The maximum atomic E-state index is 11.7. The van der Waals surface area contributed by atoms with Crippen LogP contribution in [0.15, 0.2) is 36.3 Å². The van der Waals surface area contributed by atoms with E-state index in [0.717, 1.165) is 5.41 Å². The van der Waals surface area contributed by atoms with Crippen LogP contribution in [-0.2, 0) is 9.84 Å². The summed E-state index contributed by atoms with van der Waals surface area (Å²) in [4.78, 5) is 11.7. The average molecular weight is 297 g/mol. The molecule has 6 nitrogen and oxygen atoms in total. The molecule has 0 fully saturated rings. The molecule has 0 aliphatic rings. The van der Waals surface area contributed by atoms with Crippen molar-refractivity contribution in [2.45, 2.75) is 0 Å². The molecule has 0 atom stereocenters. The van der Waals surface area contributed by atoms with Gasteiger partial charge >= 0.3 is 0 Å². The number of nitrogen functional groups attached to an aromatic ring is 1. The van der Waals surface area contributed by atoms with Crippen LogP contribution in [0.5, 0.6) is 0 Å². The van der Waals surface area contributed by atoms with Crippen molar-refractivity contribution in [1.82, 2.24) is 10.6 Å². The molecule has 1 aromatic rings. The zero-order valence-corrected chi connectivity index (χ0v) is 11.9. The largest absolute Gasteiger partial charge is 0.399 e. The van der Waals surface area contributed by atoms with Crippen LogP contribution in [0.3, 0.4) is 0 Å². The van der Waals surface area contributed by atoms with Crippen molar-refractivity contribution < 1.29 is 13.2 Å².